The number of benzene rings is 1. The van der Waals surface area contributed by atoms with Crippen molar-refractivity contribution in [1.82, 2.24) is 9.97 Å². The maximum absolute atomic E-state index is 12.4. The molecule has 1 amide bonds. The molecule has 19 heavy (non-hydrogen) atoms. The van der Waals surface area contributed by atoms with Gasteiger partial charge in [0.25, 0.3) is 5.91 Å². The Morgan fingerprint density at radius 2 is 1.95 bits per heavy atom. The molecular weight excluding hydrogens is 240 g/mol. The first kappa shape index (κ1) is 13.0. The van der Waals surface area contributed by atoms with E-state index in [1.165, 1.54) is 6.20 Å². The van der Waals surface area contributed by atoms with E-state index in [0.717, 1.165) is 5.69 Å². The van der Waals surface area contributed by atoms with Crippen LogP contribution in [-0.2, 0) is 0 Å². The molecule has 0 unspecified atom stereocenters. The summed E-state index contributed by atoms with van der Waals surface area (Å²) < 4.78 is 0. The van der Waals surface area contributed by atoms with Crippen molar-refractivity contribution in [2.24, 2.45) is 0 Å². The van der Waals surface area contributed by atoms with Crippen molar-refractivity contribution in [2.75, 3.05) is 23.8 Å². The lowest BCUT2D eigenvalue weighted by Crippen LogP contribution is -2.31. The predicted molar refractivity (Wildman–Crippen MR) is 75.4 cm³/mol. The fourth-order valence-corrected chi connectivity index (χ4v) is 1.76. The minimum absolute atomic E-state index is 0.149. The molecule has 0 fully saturated rings. The molecule has 5 nitrogen and oxygen atoms in total. The number of nitrogens with zero attached hydrogens (tertiary/aromatic N) is 3. The lowest BCUT2D eigenvalue weighted by Gasteiger charge is -2.20. The van der Waals surface area contributed by atoms with Gasteiger partial charge in [0.2, 0.25) is 0 Å². The highest BCUT2D eigenvalue weighted by Crippen LogP contribution is 2.15. The van der Waals surface area contributed by atoms with Crippen LogP contribution in [0, 0.1) is 0 Å². The molecule has 1 N–H and O–H groups in total. The average molecular weight is 256 g/mol. The van der Waals surface area contributed by atoms with Crippen LogP contribution in [0.2, 0.25) is 0 Å². The van der Waals surface area contributed by atoms with Gasteiger partial charge in [0, 0.05) is 19.3 Å². The average Bonchev–Trinajstić information content (AvgIpc) is 2.49. The fraction of sp³-hybridized carbons (Fsp3) is 0.214. The van der Waals surface area contributed by atoms with E-state index in [1.54, 1.807) is 18.1 Å². The van der Waals surface area contributed by atoms with Crippen LogP contribution >= 0.6 is 0 Å². The molecule has 2 aromatic rings. The van der Waals surface area contributed by atoms with E-state index in [4.69, 9.17) is 0 Å². The van der Waals surface area contributed by atoms with Crippen LogP contribution in [0.3, 0.4) is 0 Å². The highest BCUT2D eigenvalue weighted by Gasteiger charge is 2.17. The molecule has 1 aromatic carbocycles. The van der Waals surface area contributed by atoms with E-state index in [1.807, 2.05) is 37.3 Å². The van der Waals surface area contributed by atoms with Gasteiger partial charge in [-0.2, -0.15) is 0 Å². The summed E-state index contributed by atoms with van der Waals surface area (Å²) >= 11 is 0. The van der Waals surface area contributed by atoms with Crippen LogP contribution in [-0.4, -0.2) is 29.5 Å². The summed E-state index contributed by atoms with van der Waals surface area (Å²) in [4.78, 5) is 22.3. The standard InChI is InChI=1S/C14H16N4O/c1-3-18(11-7-5-4-6-8-11)14(19)12-9-17-13(15-2)10-16-12/h4-10H,3H2,1-2H3,(H,15,17). The second kappa shape index (κ2) is 5.95. The van der Waals surface area contributed by atoms with Crippen molar-refractivity contribution < 1.29 is 4.79 Å². The zero-order valence-electron chi connectivity index (χ0n) is 11.0. The largest absolute Gasteiger partial charge is 0.372 e. The normalized spacial score (nSPS) is 10.0. The number of carbonyl (C=O) groups excluding carboxylic acids is 1. The van der Waals surface area contributed by atoms with Crippen LogP contribution in [0.15, 0.2) is 42.7 Å². The van der Waals surface area contributed by atoms with Crippen molar-refractivity contribution in [2.45, 2.75) is 6.92 Å². The van der Waals surface area contributed by atoms with Crippen molar-refractivity contribution >= 4 is 17.4 Å². The van der Waals surface area contributed by atoms with Gasteiger partial charge < -0.3 is 10.2 Å². The fourth-order valence-electron chi connectivity index (χ4n) is 1.76. The number of carbonyl (C=O) groups is 1. The first-order valence-corrected chi connectivity index (χ1v) is 6.13. The second-order valence-corrected chi connectivity index (χ2v) is 3.92. The lowest BCUT2D eigenvalue weighted by atomic mass is 10.2. The van der Waals surface area contributed by atoms with Crippen molar-refractivity contribution in [3.63, 3.8) is 0 Å². The molecule has 5 heteroatoms. The Morgan fingerprint density at radius 1 is 1.21 bits per heavy atom. The first-order valence-electron chi connectivity index (χ1n) is 6.13. The maximum Gasteiger partial charge on any atom is 0.278 e. The number of hydrogen-bond donors (Lipinski definition) is 1. The molecule has 2 rings (SSSR count). The minimum atomic E-state index is -0.149. The Labute approximate surface area is 112 Å². The predicted octanol–water partition coefficient (Wildman–Crippen LogP) is 2.18. The molecule has 0 radical (unpaired) electrons. The Morgan fingerprint density at radius 3 is 2.47 bits per heavy atom. The van der Waals surface area contributed by atoms with Gasteiger partial charge in [-0.3, -0.25) is 4.79 Å². The summed E-state index contributed by atoms with van der Waals surface area (Å²) in [7, 11) is 1.76. The molecule has 1 aromatic heterocycles. The van der Waals surface area contributed by atoms with E-state index in [9.17, 15) is 4.79 Å². The number of amides is 1. The number of rotatable bonds is 4. The van der Waals surface area contributed by atoms with Gasteiger partial charge in [0.15, 0.2) is 0 Å². The molecule has 0 saturated carbocycles. The smallest absolute Gasteiger partial charge is 0.278 e. The first-order chi connectivity index (χ1) is 9.26. The summed E-state index contributed by atoms with van der Waals surface area (Å²) in [5, 5.41) is 2.87. The highest BCUT2D eigenvalue weighted by molar-refractivity contribution is 6.04. The Kier molecular flexibility index (Phi) is 4.07. The molecule has 0 bridgehead atoms. The van der Waals surface area contributed by atoms with Crippen molar-refractivity contribution in [3.05, 3.63) is 48.4 Å². The summed E-state index contributed by atoms with van der Waals surface area (Å²) in [6, 6.07) is 9.53. The Balaban J connectivity index is 2.25. The van der Waals surface area contributed by atoms with Gasteiger partial charge in [-0.1, -0.05) is 18.2 Å². The Bertz CT molecular complexity index is 539. The highest BCUT2D eigenvalue weighted by atomic mass is 16.2. The number of nitrogens with one attached hydrogen (secondary N) is 1. The summed E-state index contributed by atoms with van der Waals surface area (Å²) in [5.41, 5.74) is 1.19. The number of hydrogen-bond acceptors (Lipinski definition) is 4. The monoisotopic (exact) mass is 256 g/mol. The van der Waals surface area contributed by atoms with Gasteiger partial charge in [-0.25, -0.2) is 9.97 Å². The third-order valence-electron chi connectivity index (χ3n) is 2.76. The molecule has 0 aliphatic carbocycles. The van der Waals surface area contributed by atoms with E-state index < -0.39 is 0 Å². The van der Waals surface area contributed by atoms with Gasteiger partial charge in [0.1, 0.15) is 11.5 Å². The van der Waals surface area contributed by atoms with Crippen molar-refractivity contribution in [1.29, 1.82) is 0 Å². The van der Waals surface area contributed by atoms with Crippen LogP contribution < -0.4 is 10.2 Å². The molecule has 0 aliphatic rings. The third kappa shape index (κ3) is 2.88. The third-order valence-corrected chi connectivity index (χ3v) is 2.76. The molecule has 98 valence electrons. The van der Waals surface area contributed by atoms with Crippen LogP contribution in [0.1, 0.15) is 17.4 Å². The van der Waals surface area contributed by atoms with Crippen molar-refractivity contribution in [3.8, 4) is 0 Å². The SMILES string of the molecule is CCN(C(=O)c1cnc(NC)cn1)c1ccccc1. The zero-order valence-corrected chi connectivity index (χ0v) is 11.0. The molecule has 1 heterocycles. The topological polar surface area (TPSA) is 58.1 Å². The molecule has 0 spiro atoms. The van der Waals surface area contributed by atoms with E-state index >= 15 is 0 Å². The number of para-hydroxylation sites is 1. The second-order valence-electron chi connectivity index (χ2n) is 3.92. The minimum Gasteiger partial charge on any atom is -0.372 e. The van der Waals surface area contributed by atoms with Gasteiger partial charge >= 0.3 is 0 Å². The molecule has 0 saturated heterocycles. The van der Waals surface area contributed by atoms with Crippen LogP contribution in [0.4, 0.5) is 11.5 Å². The summed E-state index contributed by atoms with van der Waals surface area (Å²) in [6.07, 6.45) is 3.03. The van der Waals surface area contributed by atoms with E-state index in [2.05, 4.69) is 15.3 Å². The number of anilines is 2. The van der Waals surface area contributed by atoms with E-state index in [0.29, 0.717) is 18.1 Å². The molecule has 0 aliphatic heterocycles. The lowest BCUT2D eigenvalue weighted by molar-refractivity contribution is 0.0983. The van der Waals surface area contributed by atoms with Crippen LogP contribution in [0.25, 0.3) is 0 Å². The van der Waals surface area contributed by atoms with Gasteiger partial charge in [-0.05, 0) is 19.1 Å². The van der Waals surface area contributed by atoms with E-state index in [-0.39, 0.29) is 5.91 Å². The maximum atomic E-state index is 12.4. The van der Waals surface area contributed by atoms with Gasteiger partial charge in [0.05, 0.1) is 12.4 Å². The van der Waals surface area contributed by atoms with Crippen LogP contribution in [0.5, 0.6) is 0 Å². The zero-order chi connectivity index (χ0) is 13.7. The van der Waals surface area contributed by atoms with Gasteiger partial charge in [-0.15, -0.1) is 0 Å². The molecule has 0 atom stereocenters. The Hall–Kier alpha value is -2.43. The molecular formula is C14H16N4O. The summed E-state index contributed by atoms with van der Waals surface area (Å²) in [6.45, 7) is 2.51. The summed E-state index contributed by atoms with van der Waals surface area (Å²) in [5.74, 6) is 0.489. The number of aromatic nitrogens is 2. The quantitative estimate of drug-likeness (QED) is 0.911.